The van der Waals surface area contributed by atoms with Crippen molar-refractivity contribution < 1.29 is 8.78 Å². The molecule has 0 saturated heterocycles. The quantitative estimate of drug-likeness (QED) is 0.506. The van der Waals surface area contributed by atoms with Crippen molar-refractivity contribution in [1.82, 2.24) is 35.4 Å². The third-order valence-electron chi connectivity index (χ3n) is 5.02. The summed E-state index contributed by atoms with van der Waals surface area (Å²) in [6.07, 6.45) is 3.55. The van der Waals surface area contributed by atoms with E-state index in [0.717, 1.165) is 27.4 Å². The van der Waals surface area contributed by atoms with E-state index < -0.39 is 11.7 Å². The molecule has 3 heterocycles. The fraction of sp³-hybridized carbons (Fsp3) is 0.150. The largest absolute Gasteiger partial charge is 0.335 e. The minimum Gasteiger partial charge on any atom is -0.264 e. The number of hydrogen-bond acceptors (Lipinski definition) is 5. The number of fused-ring (bicyclic) bond motifs is 2. The van der Waals surface area contributed by atoms with Crippen molar-refractivity contribution in [3.8, 4) is 0 Å². The fourth-order valence-electron chi connectivity index (χ4n) is 3.56. The van der Waals surface area contributed by atoms with Gasteiger partial charge in [-0.1, -0.05) is 30.3 Å². The highest BCUT2D eigenvalue weighted by atomic mass is 19.3. The zero-order valence-electron chi connectivity index (χ0n) is 15.3. The Labute approximate surface area is 163 Å². The van der Waals surface area contributed by atoms with Gasteiger partial charge in [0, 0.05) is 28.7 Å². The second-order valence-electron chi connectivity index (χ2n) is 6.80. The van der Waals surface area contributed by atoms with Crippen molar-refractivity contribution in [2.45, 2.75) is 19.4 Å². The van der Waals surface area contributed by atoms with Crippen LogP contribution in [0.25, 0.3) is 21.7 Å². The molecule has 0 bridgehead atoms. The Bertz CT molecular complexity index is 1320. The second-order valence-corrected chi connectivity index (χ2v) is 6.80. The van der Waals surface area contributed by atoms with E-state index >= 15 is 0 Å². The van der Waals surface area contributed by atoms with Crippen LogP contribution < -0.4 is 0 Å². The van der Waals surface area contributed by atoms with E-state index in [4.69, 9.17) is 0 Å². The highest BCUT2D eigenvalue weighted by Gasteiger charge is 2.39. The molecule has 3 aromatic heterocycles. The predicted octanol–water partition coefficient (Wildman–Crippen LogP) is 3.59. The van der Waals surface area contributed by atoms with Crippen molar-refractivity contribution in [2.75, 3.05) is 0 Å². The average molecular weight is 391 g/mol. The minimum atomic E-state index is -3.37. The van der Waals surface area contributed by atoms with Gasteiger partial charge in [0.25, 0.3) is 0 Å². The Morgan fingerprint density at radius 3 is 2.83 bits per heavy atom. The van der Waals surface area contributed by atoms with Crippen LogP contribution in [0.15, 0.2) is 54.9 Å². The molecule has 5 aromatic rings. The van der Waals surface area contributed by atoms with E-state index in [-0.39, 0.29) is 5.56 Å². The van der Waals surface area contributed by atoms with Crippen LogP contribution in [0.1, 0.15) is 22.6 Å². The summed E-state index contributed by atoms with van der Waals surface area (Å²) in [7, 11) is 0. The van der Waals surface area contributed by atoms with Crippen molar-refractivity contribution in [2.24, 2.45) is 0 Å². The molecule has 5 rings (SSSR count). The molecule has 0 spiro atoms. The number of tetrazole rings is 1. The third-order valence-corrected chi connectivity index (χ3v) is 5.02. The van der Waals surface area contributed by atoms with Crippen molar-refractivity contribution >= 4 is 21.7 Å². The highest BCUT2D eigenvalue weighted by molar-refractivity contribution is 5.86. The molecule has 0 aliphatic carbocycles. The summed E-state index contributed by atoms with van der Waals surface area (Å²) in [4.78, 5) is 4.21. The van der Waals surface area contributed by atoms with E-state index in [1.165, 1.54) is 12.1 Å². The molecule has 2 aromatic carbocycles. The van der Waals surface area contributed by atoms with E-state index in [1.54, 1.807) is 23.1 Å². The summed E-state index contributed by atoms with van der Waals surface area (Å²) < 4.78 is 31.3. The summed E-state index contributed by atoms with van der Waals surface area (Å²) in [6.45, 7) is 2.30. The maximum absolute atomic E-state index is 14.8. The lowest BCUT2D eigenvalue weighted by atomic mass is 10.0. The van der Waals surface area contributed by atoms with Gasteiger partial charge in [-0.2, -0.15) is 19.1 Å². The minimum absolute atomic E-state index is 0.216. The molecule has 0 atom stereocenters. The monoisotopic (exact) mass is 391 g/mol. The summed E-state index contributed by atoms with van der Waals surface area (Å²) in [6, 6.07) is 12.4. The van der Waals surface area contributed by atoms with E-state index in [2.05, 4.69) is 30.7 Å². The molecule has 0 aliphatic rings. The number of aromatic nitrogens is 7. The van der Waals surface area contributed by atoms with Gasteiger partial charge in [-0.3, -0.25) is 9.67 Å². The topological polar surface area (TPSA) is 85.2 Å². The standard InChI is InChI=1S/C20H15F2N7/c1-12-16-6-5-15(20(21,22)19-24-27-28-25-19)9-18(16)29(26-12)11-14-4-2-3-13-7-8-23-10-17(13)14/h2-10H,11H2,1H3,(H,24,25,27,28). The molecule has 7 nitrogen and oxygen atoms in total. The lowest BCUT2D eigenvalue weighted by molar-refractivity contribution is 0.0330. The first-order valence-electron chi connectivity index (χ1n) is 8.95. The molecule has 0 saturated carbocycles. The van der Waals surface area contributed by atoms with Gasteiger partial charge < -0.3 is 0 Å². The summed E-state index contributed by atoms with van der Waals surface area (Å²) >= 11 is 0. The van der Waals surface area contributed by atoms with Gasteiger partial charge in [0.1, 0.15) is 0 Å². The molecule has 0 unspecified atom stereocenters. The van der Waals surface area contributed by atoms with Crippen LogP contribution in [0.4, 0.5) is 8.78 Å². The number of aryl methyl sites for hydroxylation is 1. The first-order chi connectivity index (χ1) is 14.0. The molecular weight excluding hydrogens is 376 g/mol. The summed E-state index contributed by atoms with van der Waals surface area (Å²) in [5.74, 6) is -4.03. The summed E-state index contributed by atoms with van der Waals surface area (Å²) in [5.41, 5.74) is 2.18. The predicted molar refractivity (Wildman–Crippen MR) is 102 cm³/mol. The zero-order valence-corrected chi connectivity index (χ0v) is 15.3. The fourth-order valence-corrected chi connectivity index (χ4v) is 3.56. The number of nitrogens with zero attached hydrogens (tertiary/aromatic N) is 6. The molecule has 0 amide bonds. The number of aromatic amines is 1. The normalized spacial score (nSPS) is 12.1. The Kier molecular flexibility index (Phi) is 3.83. The van der Waals surface area contributed by atoms with Crippen molar-refractivity contribution in [1.29, 1.82) is 0 Å². The van der Waals surface area contributed by atoms with Crippen LogP contribution in [0.2, 0.25) is 0 Å². The molecule has 0 radical (unpaired) electrons. The number of benzene rings is 2. The Morgan fingerprint density at radius 1 is 1.10 bits per heavy atom. The maximum Gasteiger partial charge on any atom is 0.335 e. The first-order valence-corrected chi connectivity index (χ1v) is 8.95. The third kappa shape index (κ3) is 2.82. The van der Waals surface area contributed by atoms with Crippen LogP contribution in [-0.2, 0) is 12.5 Å². The number of pyridine rings is 1. The van der Waals surface area contributed by atoms with E-state index in [9.17, 15) is 8.78 Å². The van der Waals surface area contributed by atoms with Gasteiger partial charge >= 0.3 is 5.92 Å². The number of hydrogen-bond donors (Lipinski definition) is 1. The van der Waals surface area contributed by atoms with Gasteiger partial charge in [0.05, 0.1) is 17.8 Å². The van der Waals surface area contributed by atoms with Crippen molar-refractivity contribution in [3.63, 3.8) is 0 Å². The Balaban J connectivity index is 1.63. The average Bonchev–Trinajstić information content (AvgIpc) is 3.38. The van der Waals surface area contributed by atoms with Gasteiger partial charge in [0.2, 0.25) is 5.82 Å². The van der Waals surface area contributed by atoms with E-state index in [0.29, 0.717) is 12.1 Å². The molecule has 9 heteroatoms. The maximum atomic E-state index is 14.8. The lowest BCUT2D eigenvalue weighted by Crippen LogP contribution is -2.17. The Hall–Kier alpha value is -3.75. The number of alkyl halides is 2. The van der Waals surface area contributed by atoms with Crippen LogP contribution in [0.5, 0.6) is 0 Å². The van der Waals surface area contributed by atoms with Gasteiger partial charge in [-0.05, 0) is 35.2 Å². The lowest BCUT2D eigenvalue weighted by Gasteiger charge is -2.13. The van der Waals surface area contributed by atoms with Crippen LogP contribution in [0, 0.1) is 6.92 Å². The number of nitrogens with one attached hydrogen (secondary N) is 1. The van der Waals surface area contributed by atoms with Crippen LogP contribution >= 0.6 is 0 Å². The molecule has 0 fully saturated rings. The number of rotatable bonds is 4. The Morgan fingerprint density at radius 2 is 2.00 bits per heavy atom. The molecule has 144 valence electrons. The van der Waals surface area contributed by atoms with Crippen LogP contribution in [-0.4, -0.2) is 35.4 Å². The number of H-pyrrole nitrogens is 1. The summed E-state index contributed by atoms with van der Waals surface area (Å²) in [5, 5.41) is 19.7. The van der Waals surface area contributed by atoms with Gasteiger partial charge in [-0.25, -0.2) is 0 Å². The molecular formula is C20H15F2N7. The number of halogens is 2. The zero-order chi connectivity index (χ0) is 20.0. The van der Waals surface area contributed by atoms with Crippen molar-refractivity contribution in [3.05, 3.63) is 77.5 Å². The van der Waals surface area contributed by atoms with Gasteiger partial charge in [-0.15, -0.1) is 10.2 Å². The molecule has 0 aliphatic heterocycles. The molecule has 29 heavy (non-hydrogen) atoms. The first kappa shape index (κ1) is 17.4. The van der Waals surface area contributed by atoms with Crippen LogP contribution in [0.3, 0.4) is 0 Å². The van der Waals surface area contributed by atoms with E-state index in [1.807, 2.05) is 31.2 Å². The highest BCUT2D eigenvalue weighted by Crippen LogP contribution is 2.35. The second kappa shape index (κ2) is 6.40. The SMILES string of the molecule is Cc1nn(Cc2cccc3ccncc23)c2cc(C(F)(F)c3nn[nH]n3)ccc12. The smallest absolute Gasteiger partial charge is 0.264 e. The molecule has 1 N–H and O–H groups in total. The van der Waals surface area contributed by atoms with Gasteiger partial charge in [0.15, 0.2) is 0 Å².